The summed E-state index contributed by atoms with van der Waals surface area (Å²) in [4.78, 5) is 11.8. The monoisotopic (exact) mass is 462 g/mol. The molecule has 2 aromatic rings. The first kappa shape index (κ1) is 23.5. The van der Waals surface area contributed by atoms with Crippen LogP contribution in [0.2, 0.25) is 0 Å². The number of nitrogens with zero attached hydrogens (tertiary/aromatic N) is 4. The average molecular weight is 462 g/mol. The molecule has 0 bridgehead atoms. The summed E-state index contributed by atoms with van der Waals surface area (Å²) in [5.74, 6) is 0.400. The van der Waals surface area contributed by atoms with Crippen molar-refractivity contribution in [2.24, 2.45) is 0 Å². The van der Waals surface area contributed by atoms with Gasteiger partial charge in [0.25, 0.3) is 0 Å². The predicted octanol–water partition coefficient (Wildman–Crippen LogP) is 2.30. The Morgan fingerprint density at radius 2 is 1.84 bits per heavy atom. The maximum atomic E-state index is 13.3. The van der Waals surface area contributed by atoms with Crippen LogP contribution in [0.25, 0.3) is 0 Å². The third-order valence-electron chi connectivity index (χ3n) is 5.40. The fourth-order valence-corrected chi connectivity index (χ4v) is 5.48. The van der Waals surface area contributed by atoms with Gasteiger partial charge in [0.2, 0.25) is 10.0 Å². The second-order valence-corrected chi connectivity index (χ2v) is 9.18. The molecule has 0 aliphatic carbocycles. The smallest absolute Gasteiger partial charge is 0.383 e. The van der Waals surface area contributed by atoms with Gasteiger partial charge in [0.05, 0.1) is 23.6 Å². The molecule has 2 heterocycles. The number of rotatable bonds is 7. The molecular weight excluding hydrogens is 437 g/mol. The summed E-state index contributed by atoms with van der Waals surface area (Å²) in [6, 6.07) is 4.20. The summed E-state index contributed by atoms with van der Waals surface area (Å²) < 4.78 is 74.7. The molecule has 1 aliphatic rings. The van der Waals surface area contributed by atoms with E-state index in [0.29, 0.717) is 38.4 Å². The molecule has 0 unspecified atom stereocenters. The lowest BCUT2D eigenvalue weighted by Crippen LogP contribution is -2.39. The molecule has 0 radical (unpaired) electrons. The minimum absolute atomic E-state index is 0.0437. The average Bonchev–Trinajstić information content (AvgIpc) is 3.07. The van der Waals surface area contributed by atoms with Gasteiger partial charge in [0.15, 0.2) is 0 Å². The van der Waals surface area contributed by atoms with Gasteiger partial charge in [-0.15, -0.1) is 0 Å². The van der Waals surface area contributed by atoms with Crippen LogP contribution in [0.5, 0.6) is 0 Å². The fraction of sp³-hybridized carbons (Fsp3) is 0.579. The van der Waals surface area contributed by atoms with E-state index in [1.165, 1.54) is 17.9 Å². The minimum atomic E-state index is -4.77. The van der Waals surface area contributed by atoms with Gasteiger partial charge >= 0.3 is 11.9 Å². The van der Waals surface area contributed by atoms with E-state index in [2.05, 4.69) is 5.10 Å². The van der Waals surface area contributed by atoms with E-state index in [0.717, 1.165) is 22.5 Å². The van der Waals surface area contributed by atoms with Crippen LogP contribution in [0.4, 0.5) is 13.2 Å². The van der Waals surface area contributed by atoms with Crippen LogP contribution < -0.4 is 5.69 Å². The van der Waals surface area contributed by atoms with Crippen molar-refractivity contribution in [1.29, 1.82) is 0 Å². The van der Waals surface area contributed by atoms with Crippen LogP contribution >= 0.6 is 0 Å². The second-order valence-electron chi connectivity index (χ2n) is 7.27. The van der Waals surface area contributed by atoms with Crippen molar-refractivity contribution in [3.05, 3.63) is 46.1 Å². The maximum Gasteiger partial charge on any atom is 0.417 e. The number of benzene rings is 1. The van der Waals surface area contributed by atoms with Crippen LogP contribution in [-0.4, -0.2) is 53.9 Å². The Labute approximate surface area is 178 Å². The highest BCUT2D eigenvalue weighted by molar-refractivity contribution is 7.89. The predicted molar refractivity (Wildman–Crippen MR) is 106 cm³/mol. The standard InChI is InChI=1S/C19H25F3N4O4S/c1-3-25-17(23-26(18(25)27)12-13-30-2)14-8-10-24(11-9-14)31(28,29)16-7-5-4-6-15(16)19(20,21)22/h4-7,14H,3,8-13H2,1-2H3. The number of alkyl halides is 3. The van der Waals surface area contributed by atoms with E-state index < -0.39 is 26.7 Å². The van der Waals surface area contributed by atoms with Gasteiger partial charge in [-0.05, 0) is 31.9 Å². The molecule has 172 valence electrons. The molecule has 1 aromatic heterocycles. The third kappa shape index (κ3) is 4.70. The zero-order valence-electron chi connectivity index (χ0n) is 17.3. The van der Waals surface area contributed by atoms with Gasteiger partial charge in [-0.1, -0.05) is 12.1 Å². The van der Waals surface area contributed by atoms with Crippen LogP contribution in [0, 0.1) is 0 Å². The Kier molecular flexibility index (Phi) is 6.92. The Balaban J connectivity index is 1.81. The molecule has 1 aromatic carbocycles. The van der Waals surface area contributed by atoms with E-state index in [-0.39, 0.29) is 24.7 Å². The molecule has 3 rings (SSSR count). The topological polar surface area (TPSA) is 86.4 Å². The lowest BCUT2D eigenvalue weighted by Gasteiger charge is -2.31. The Bertz CT molecular complexity index is 1070. The zero-order chi connectivity index (χ0) is 22.8. The van der Waals surface area contributed by atoms with Crippen molar-refractivity contribution >= 4 is 10.0 Å². The molecule has 0 amide bonds. The SMILES string of the molecule is CCn1c(C2CCN(S(=O)(=O)c3ccccc3C(F)(F)F)CC2)nn(CCOC)c1=O. The summed E-state index contributed by atoms with van der Waals surface area (Å²) in [7, 11) is -2.79. The van der Waals surface area contributed by atoms with Gasteiger partial charge in [0, 0.05) is 32.7 Å². The third-order valence-corrected chi connectivity index (χ3v) is 7.36. The Hall–Kier alpha value is -2.18. The van der Waals surface area contributed by atoms with Crippen molar-refractivity contribution in [2.45, 2.75) is 49.8 Å². The van der Waals surface area contributed by atoms with E-state index in [1.807, 2.05) is 6.92 Å². The van der Waals surface area contributed by atoms with Crippen LogP contribution in [0.15, 0.2) is 34.0 Å². The summed E-state index contributed by atoms with van der Waals surface area (Å²) in [6.45, 7) is 2.95. The Morgan fingerprint density at radius 3 is 2.42 bits per heavy atom. The number of ether oxygens (including phenoxy) is 1. The highest BCUT2D eigenvalue weighted by Crippen LogP contribution is 2.36. The summed E-state index contributed by atoms with van der Waals surface area (Å²) in [5, 5.41) is 4.40. The number of sulfonamides is 1. The second kappa shape index (κ2) is 9.13. The molecule has 0 spiro atoms. The first-order valence-corrected chi connectivity index (χ1v) is 11.4. The molecule has 1 saturated heterocycles. The highest BCUT2D eigenvalue weighted by Gasteiger charge is 2.40. The molecule has 0 atom stereocenters. The van der Waals surface area contributed by atoms with Crippen LogP contribution in [0.3, 0.4) is 0 Å². The molecule has 0 saturated carbocycles. The molecular formula is C19H25F3N4O4S. The quantitative estimate of drug-likeness (QED) is 0.630. The van der Waals surface area contributed by atoms with E-state index in [4.69, 9.17) is 4.74 Å². The molecule has 12 heteroatoms. The molecule has 31 heavy (non-hydrogen) atoms. The van der Waals surface area contributed by atoms with E-state index >= 15 is 0 Å². The van der Waals surface area contributed by atoms with Crippen LogP contribution in [-0.2, 0) is 34.0 Å². The van der Waals surface area contributed by atoms with Crippen molar-refractivity contribution in [2.75, 3.05) is 26.8 Å². The minimum Gasteiger partial charge on any atom is -0.383 e. The number of hydrogen-bond donors (Lipinski definition) is 0. The van der Waals surface area contributed by atoms with E-state index in [9.17, 15) is 26.4 Å². The number of aromatic nitrogens is 3. The first-order valence-electron chi connectivity index (χ1n) is 9.94. The number of halogens is 3. The summed E-state index contributed by atoms with van der Waals surface area (Å²) in [5.41, 5.74) is -1.43. The van der Waals surface area contributed by atoms with Gasteiger partial charge in [-0.3, -0.25) is 4.57 Å². The maximum absolute atomic E-state index is 13.3. The largest absolute Gasteiger partial charge is 0.417 e. The zero-order valence-corrected chi connectivity index (χ0v) is 18.1. The van der Waals surface area contributed by atoms with Gasteiger partial charge in [-0.2, -0.15) is 22.6 Å². The molecule has 0 N–H and O–H groups in total. The lowest BCUT2D eigenvalue weighted by atomic mass is 9.97. The van der Waals surface area contributed by atoms with Gasteiger partial charge in [0.1, 0.15) is 5.82 Å². The number of hydrogen-bond acceptors (Lipinski definition) is 5. The lowest BCUT2D eigenvalue weighted by molar-refractivity contribution is -0.139. The van der Waals surface area contributed by atoms with Crippen molar-refractivity contribution in [3.63, 3.8) is 0 Å². The van der Waals surface area contributed by atoms with Crippen molar-refractivity contribution < 1.29 is 26.3 Å². The van der Waals surface area contributed by atoms with E-state index in [1.54, 1.807) is 4.57 Å². The Morgan fingerprint density at radius 1 is 1.19 bits per heavy atom. The molecule has 8 nitrogen and oxygen atoms in total. The van der Waals surface area contributed by atoms with Gasteiger partial charge in [-0.25, -0.2) is 17.9 Å². The number of piperidine rings is 1. The van der Waals surface area contributed by atoms with Crippen LogP contribution in [0.1, 0.15) is 37.1 Å². The van der Waals surface area contributed by atoms with Crippen molar-refractivity contribution in [1.82, 2.24) is 18.7 Å². The normalized spacial score (nSPS) is 16.7. The molecule has 1 aliphatic heterocycles. The first-order chi connectivity index (χ1) is 14.6. The number of methoxy groups -OCH3 is 1. The van der Waals surface area contributed by atoms with Crippen molar-refractivity contribution in [3.8, 4) is 0 Å². The summed E-state index contributed by atoms with van der Waals surface area (Å²) >= 11 is 0. The summed E-state index contributed by atoms with van der Waals surface area (Å²) in [6.07, 6.45) is -4.06. The van der Waals surface area contributed by atoms with Gasteiger partial charge < -0.3 is 4.74 Å². The molecule has 1 fully saturated rings. The highest BCUT2D eigenvalue weighted by atomic mass is 32.2. The fourth-order valence-electron chi connectivity index (χ4n) is 3.80.